The van der Waals surface area contributed by atoms with Gasteiger partial charge in [-0.2, -0.15) is 0 Å². The SMILES string of the molecule is Cc1ccnc(C2(c3cccc(C4(c5cccc(C6(n7[c-][n+](C)cc7)c7cc(C)ccc7-c7ccc(C)cc76)c5)c5cc(C)ccc5-c5ccc(C)cc54)c3)c3cc(C)ccc3-c3ccc(C)cc32)c1. The minimum absolute atomic E-state index is 0.686. The number of hydrogen-bond donors (Lipinski definition) is 0. The summed E-state index contributed by atoms with van der Waals surface area (Å²) in [5.74, 6) is 0. The van der Waals surface area contributed by atoms with Gasteiger partial charge in [-0.1, -0.05) is 185 Å². The number of pyridine rings is 1. The van der Waals surface area contributed by atoms with Crippen molar-refractivity contribution in [2.75, 3.05) is 0 Å². The van der Waals surface area contributed by atoms with E-state index in [0.717, 1.165) is 5.69 Å². The summed E-state index contributed by atoms with van der Waals surface area (Å²) in [5.41, 5.74) is 27.7. The van der Waals surface area contributed by atoms with Crippen molar-refractivity contribution in [3.05, 3.63) is 295 Å². The van der Waals surface area contributed by atoms with Crippen LogP contribution in [0.4, 0.5) is 0 Å². The molecule has 0 amide bonds. The van der Waals surface area contributed by atoms with Gasteiger partial charge in [0.05, 0.1) is 23.6 Å². The molecule has 0 N–H and O–H groups in total. The molecule has 0 unspecified atom stereocenters. The molecule has 0 saturated heterocycles. The van der Waals surface area contributed by atoms with Gasteiger partial charge in [0.2, 0.25) is 6.33 Å². The first kappa shape index (κ1) is 42.2. The molecule has 0 bridgehead atoms. The number of fused-ring (bicyclic) bond motifs is 9. The van der Waals surface area contributed by atoms with E-state index in [1.165, 1.54) is 128 Å². The van der Waals surface area contributed by atoms with E-state index in [9.17, 15) is 0 Å². The average molecular weight is 902 g/mol. The van der Waals surface area contributed by atoms with Crippen molar-refractivity contribution >= 4 is 0 Å². The molecule has 2 aromatic heterocycles. The van der Waals surface area contributed by atoms with Crippen LogP contribution in [0.15, 0.2) is 188 Å². The molecule has 0 atom stereocenters. The highest BCUT2D eigenvalue weighted by atomic mass is 15.2. The van der Waals surface area contributed by atoms with Gasteiger partial charge in [-0.15, -0.1) is 0 Å². The molecule has 3 aliphatic rings. The lowest BCUT2D eigenvalue weighted by molar-refractivity contribution is -0.675. The molecule has 3 aliphatic carbocycles. The number of benzene rings is 8. The molecule has 2 heterocycles. The lowest BCUT2D eigenvalue weighted by Gasteiger charge is -2.38. The van der Waals surface area contributed by atoms with Gasteiger partial charge in [0.1, 0.15) is 0 Å². The summed E-state index contributed by atoms with van der Waals surface area (Å²) >= 11 is 0. The second-order valence-corrected chi connectivity index (χ2v) is 20.8. The van der Waals surface area contributed by atoms with Gasteiger partial charge in [0.15, 0.2) is 5.54 Å². The molecular formula is C67H55N3. The zero-order chi connectivity index (χ0) is 47.8. The van der Waals surface area contributed by atoms with Crippen LogP contribution in [0.5, 0.6) is 0 Å². The molecular weight excluding hydrogens is 847 g/mol. The Labute approximate surface area is 412 Å². The quantitative estimate of drug-likeness (QED) is 0.120. The molecule has 0 radical (unpaired) electrons. The Balaban J connectivity index is 1.16. The third-order valence-corrected chi connectivity index (χ3v) is 16.1. The van der Waals surface area contributed by atoms with Gasteiger partial charge in [0.25, 0.3) is 0 Å². The van der Waals surface area contributed by atoms with Crippen molar-refractivity contribution in [2.24, 2.45) is 7.05 Å². The van der Waals surface area contributed by atoms with Crippen molar-refractivity contribution in [1.29, 1.82) is 0 Å². The van der Waals surface area contributed by atoms with E-state index in [-0.39, 0.29) is 0 Å². The maximum Gasteiger partial charge on any atom is 0.204 e. The molecule has 0 spiro atoms. The first-order chi connectivity index (χ1) is 33.9. The molecule has 8 aromatic carbocycles. The van der Waals surface area contributed by atoms with Gasteiger partial charge < -0.3 is 9.13 Å². The highest BCUT2D eigenvalue weighted by Crippen LogP contribution is 2.61. The molecule has 3 nitrogen and oxygen atoms in total. The van der Waals surface area contributed by atoms with Crippen LogP contribution >= 0.6 is 0 Å². The fourth-order valence-electron chi connectivity index (χ4n) is 13.2. The van der Waals surface area contributed by atoms with Gasteiger partial charge in [-0.25, -0.2) is 0 Å². The zero-order valence-electron chi connectivity index (χ0n) is 41.2. The minimum atomic E-state index is -0.713. The molecule has 0 saturated carbocycles. The molecule has 10 aromatic rings. The van der Waals surface area contributed by atoms with E-state index in [1.54, 1.807) is 0 Å². The Morgan fingerprint density at radius 2 is 0.743 bits per heavy atom. The second-order valence-electron chi connectivity index (χ2n) is 20.8. The van der Waals surface area contributed by atoms with E-state index >= 15 is 0 Å². The second kappa shape index (κ2) is 15.1. The number of rotatable bonds is 6. The molecule has 13 rings (SSSR count). The average Bonchev–Trinajstić information content (AvgIpc) is 4.07. The summed E-state index contributed by atoms with van der Waals surface area (Å²) in [4.78, 5) is 5.36. The predicted molar refractivity (Wildman–Crippen MR) is 284 cm³/mol. The van der Waals surface area contributed by atoms with E-state index in [0.29, 0.717) is 0 Å². The van der Waals surface area contributed by atoms with Crippen molar-refractivity contribution in [3.63, 3.8) is 0 Å². The first-order valence-corrected chi connectivity index (χ1v) is 24.7. The topological polar surface area (TPSA) is 21.7 Å². The lowest BCUT2D eigenvalue weighted by Crippen LogP contribution is -2.38. The van der Waals surface area contributed by atoms with Crippen LogP contribution in [0.3, 0.4) is 0 Å². The largest absolute Gasteiger partial charge is 0.354 e. The maximum atomic E-state index is 5.36. The Hall–Kier alpha value is -7.88. The summed E-state index contributed by atoms with van der Waals surface area (Å²) in [5, 5.41) is 0. The predicted octanol–water partition coefficient (Wildman–Crippen LogP) is 14.2. The number of imidazole rings is 1. The smallest absolute Gasteiger partial charge is 0.204 e. The van der Waals surface area contributed by atoms with Gasteiger partial charge in [-0.05, 0) is 157 Å². The zero-order valence-corrected chi connectivity index (χ0v) is 41.2. The summed E-state index contributed by atoms with van der Waals surface area (Å²) in [6.45, 7) is 15.6. The standard InChI is InChI=1S/C67H55N3/c1-41-15-21-52-53-22-16-42(2)32-59(53)65(58(52)31-41,49-12-10-14-51(39-49)67(70-30-29-69(8)40-70)62-35-45(5)19-25-56(62)57-26-20-46(6)36-63(57)67)48-11-9-13-50(38-48)66(64-37-47(7)27-28-68-64)60-33-43(3)17-23-54(60)55-24-18-44(4)34-61(55)66/h9-39H,1-8H3. The minimum Gasteiger partial charge on any atom is -0.354 e. The monoisotopic (exact) mass is 901 g/mol. The van der Waals surface area contributed by atoms with Crippen molar-refractivity contribution in [3.8, 4) is 33.4 Å². The lowest BCUT2D eigenvalue weighted by atomic mass is 9.64. The highest BCUT2D eigenvalue weighted by molar-refractivity contribution is 5.90. The number of aromatic nitrogens is 3. The van der Waals surface area contributed by atoms with Crippen LogP contribution < -0.4 is 4.57 Å². The third kappa shape index (κ3) is 5.63. The van der Waals surface area contributed by atoms with E-state index < -0.39 is 16.4 Å². The normalized spacial score (nSPS) is 14.9. The van der Waals surface area contributed by atoms with Gasteiger partial charge >= 0.3 is 0 Å². The fraction of sp³-hybridized carbons (Fsp3) is 0.164. The number of hydrogen-bond acceptors (Lipinski definition) is 1. The van der Waals surface area contributed by atoms with Crippen LogP contribution in [-0.4, -0.2) is 9.55 Å². The maximum absolute atomic E-state index is 5.36. The Kier molecular flexibility index (Phi) is 9.09. The Morgan fingerprint density at radius 1 is 0.386 bits per heavy atom. The van der Waals surface area contributed by atoms with Crippen molar-refractivity contribution < 1.29 is 4.57 Å². The Morgan fingerprint density at radius 3 is 1.16 bits per heavy atom. The summed E-state index contributed by atoms with van der Waals surface area (Å²) < 4.78 is 4.39. The van der Waals surface area contributed by atoms with Crippen LogP contribution in [0.25, 0.3) is 33.4 Å². The first-order valence-electron chi connectivity index (χ1n) is 24.7. The third-order valence-electron chi connectivity index (χ3n) is 16.1. The van der Waals surface area contributed by atoms with Crippen molar-refractivity contribution in [1.82, 2.24) is 9.55 Å². The summed E-state index contributed by atoms with van der Waals surface area (Å²) in [7, 11) is 2.08. The molecule has 338 valence electrons. The summed E-state index contributed by atoms with van der Waals surface area (Å²) in [6.07, 6.45) is 10.1. The number of aryl methyl sites for hydroxylation is 8. The Bertz CT molecular complexity index is 3690. The highest BCUT2D eigenvalue weighted by Gasteiger charge is 2.53. The summed E-state index contributed by atoms with van der Waals surface area (Å²) in [6, 6.07) is 66.1. The van der Waals surface area contributed by atoms with E-state index in [2.05, 4.69) is 253 Å². The van der Waals surface area contributed by atoms with Crippen LogP contribution in [0.1, 0.15) is 100 Å². The van der Waals surface area contributed by atoms with Crippen LogP contribution in [0, 0.1) is 54.8 Å². The van der Waals surface area contributed by atoms with Crippen LogP contribution in [0.2, 0.25) is 0 Å². The molecule has 0 aliphatic heterocycles. The van der Waals surface area contributed by atoms with Crippen molar-refractivity contribution in [2.45, 2.75) is 64.8 Å². The molecule has 0 fully saturated rings. The van der Waals surface area contributed by atoms with Crippen LogP contribution in [-0.2, 0) is 23.4 Å². The van der Waals surface area contributed by atoms with E-state index in [1.807, 2.05) is 6.20 Å². The van der Waals surface area contributed by atoms with E-state index in [4.69, 9.17) is 4.98 Å². The number of nitrogens with zero attached hydrogens (tertiary/aromatic N) is 3. The molecule has 70 heavy (non-hydrogen) atoms. The van der Waals surface area contributed by atoms with Gasteiger partial charge in [-0.3, -0.25) is 4.98 Å². The molecule has 3 heteroatoms. The van der Waals surface area contributed by atoms with Gasteiger partial charge in [0, 0.05) is 22.9 Å². The fourth-order valence-corrected chi connectivity index (χ4v) is 13.2.